The summed E-state index contributed by atoms with van der Waals surface area (Å²) in [5.74, 6) is -0.533. The summed E-state index contributed by atoms with van der Waals surface area (Å²) >= 11 is 0. The van der Waals surface area contributed by atoms with Crippen LogP contribution in [0.25, 0.3) is 10.8 Å². The lowest BCUT2D eigenvalue weighted by molar-refractivity contribution is -0.143. The Balaban J connectivity index is 1.57. The Bertz CT molecular complexity index is 1010. The van der Waals surface area contributed by atoms with Crippen molar-refractivity contribution in [3.8, 4) is 5.75 Å². The van der Waals surface area contributed by atoms with E-state index in [1.54, 1.807) is 18.2 Å². The van der Waals surface area contributed by atoms with Gasteiger partial charge in [-0.25, -0.2) is 0 Å². The lowest BCUT2D eigenvalue weighted by Crippen LogP contribution is -2.36. The molecule has 4 rings (SSSR count). The minimum atomic E-state index is -4.53. The van der Waals surface area contributed by atoms with E-state index in [-0.39, 0.29) is 35.2 Å². The molecule has 2 fully saturated rings. The van der Waals surface area contributed by atoms with Crippen LogP contribution >= 0.6 is 0 Å². The summed E-state index contributed by atoms with van der Waals surface area (Å²) in [5.41, 5.74) is 0.0848. The van der Waals surface area contributed by atoms with Crippen LogP contribution in [0.3, 0.4) is 0 Å². The number of hydrogen-bond acceptors (Lipinski definition) is 3. The van der Waals surface area contributed by atoms with Gasteiger partial charge in [0.05, 0.1) is 12.0 Å². The minimum absolute atomic E-state index is 0.0793. The van der Waals surface area contributed by atoms with E-state index in [1.807, 2.05) is 13.0 Å². The first-order chi connectivity index (χ1) is 16.1. The Hall–Kier alpha value is -2.28. The zero-order valence-electron chi connectivity index (χ0n) is 19.8. The van der Waals surface area contributed by atoms with Gasteiger partial charge >= 0.3 is 12.1 Å². The fraction of sp³-hybridized carbons (Fsp3) is 0.593. The number of benzene rings is 2. The minimum Gasteiger partial charge on any atom is -0.490 e. The van der Waals surface area contributed by atoms with Crippen molar-refractivity contribution in [1.29, 1.82) is 0 Å². The van der Waals surface area contributed by atoms with Gasteiger partial charge in [0, 0.05) is 12.1 Å². The molecular formula is C27H34F3NO3. The van der Waals surface area contributed by atoms with Gasteiger partial charge in [0.15, 0.2) is 0 Å². The van der Waals surface area contributed by atoms with Crippen LogP contribution in [0.15, 0.2) is 30.3 Å². The first-order valence-electron chi connectivity index (χ1n) is 12.4. The van der Waals surface area contributed by atoms with E-state index in [0.29, 0.717) is 24.1 Å². The number of carboxylic acids is 1. The van der Waals surface area contributed by atoms with Gasteiger partial charge in [-0.2, -0.15) is 13.2 Å². The number of rotatable bonds is 6. The van der Waals surface area contributed by atoms with Crippen molar-refractivity contribution in [3.05, 3.63) is 41.5 Å². The fourth-order valence-corrected chi connectivity index (χ4v) is 5.46. The number of nitrogens with one attached hydrogen (secondary N) is 1. The van der Waals surface area contributed by atoms with Gasteiger partial charge in [-0.3, -0.25) is 4.79 Å². The van der Waals surface area contributed by atoms with Crippen molar-refractivity contribution in [2.75, 3.05) is 0 Å². The second-order valence-electron chi connectivity index (χ2n) is 10.2. The molecule has 7 heteroatoms. The van der Waals surface area contributed by atoms with Crippen molar-refractivity contribution >= 4 is 16.7 Å². The molecule has 2 aliphatic carbocycles. The normalized spacial score (nSPS) is 26.9. The monoisotopic (exact) mass is 477 g/mol. The molecule has 186 valence electrons. The number of ether oxygens (including phenoxy) is 1. The number of carboxylic acid groups (broad SMARTS) is 1. The van der Waals surface area contributed by atoms with Gasteiger partial charge in [-0.15, -0.1) is 0 Å². The van der Waals surface area contributed by atoms with E-state index >= 15 is 0 Å². The summed E-state index contributed by atoms with van der Waals surface area (Å²) in [5, 5.41) is 13.4. The third-order valence-electron chi connectivity index (χ3n) is 7.61. The summed E-state index contributed by atoms with van der Waals surface area (Å²) < 4.78 is 48.7. The predicted octanol–water partition coefficient (Wildman–Crippen LogP) is 7.11. The lowest BCUT2D eigenvalue weighted by Gasteiger charge is -2.30. The summed E-state index contributed by atoms with van der Waals surface area (Å²) in [6.07, 6.45) is 1.54. The highest BCUT2D eigenvalue weighted by atomic mass is 19.4. The van der Waals surface area contributed by atoms with Gasteiger partial charge in [-0.1, -0.05) is 25.1 Å². The molecule has 0 aliphatic heterocycles. The van der Waals surface area contributed by atoms with Crippen LogP contribution in [-0.2, 0) is 11.0 Å². The van der Waals surface area contributed by atoms with Gasteiger partial charge in [-0.05, 0) is 92.7 Å². The molecule has 0 bridgehead atoms. The van der Waals surface area contributed by atoms with Gasteiger partial charge in [0.25, 0.3) is 0 Å². The second-order valence-corrected chi connectivity index (χ2v) is 10.2. The zero-order chi connectivity index (χ0) is 24.5. The summed E-state index contributed by atoms with van der Waals surface area (Å²) in [6.45, 7) is 4.11. The molecule has 2 N–H and O–H groups in total. The third kappa shape index (κ3) is 5.68. The van der Waals surface area contributed by atoms with Crippen LogP contribution in [0, 0.1) is 11.8 Å². The van der Waals surface area contributed by atoms with E-state index in [0.717, 1.165) is 44.1 Å². The molecule has 0 heterocycles. The van der Waals surface area contributed by atoms with Crippen LogP contribution in [0.2, 0.25) is 0 Å². The Labute approximate surface area is 198 Å². The number of carbonyl (C=O) groups is 1. The largest absolute Gasteiger partial charge is 0.490 e. The average molecular weight is 478 g/mol. The van der Waals surface area contributed by atoms with Crippen LogP contribution < -0.4 is 10.1 Å². The molecule has 0 spiro atoms. The summed E-state index contributed by atoms with van der Waals surface area (Å²) in [4.78, 5) is 11.2. The molecule has 4 nitrogen and oxygen atoms in total. The quantitative estimate of drug-likeness (QED) is 0.465. The van der Waals surface area contributed by atoms with Gasteiger partial charge in [0.1, 0.15) is 11.3 Å². The van der Waals surface area contributed by atoms with Gasteiger partial charge < -0.3 is 15.2 Å². The van der Waals surface area contributed by atoms with Crippen molar-refractivity contribution in [1.82, 2.24) is 5.32 Å². The highest BCUT2D eigenvalue weighted by molar-refractivity contribution is 5.89. The standard InChI is InChI=1S/C27H34F3NO3/c1-16-3-12-22(13-4-16)34-24-14-9-18-5-6-20(15-23(18)25(24)27(28,29)30)17(2)31-21-10-7-19(8-11-21)26(32)33/h5-6,9,14-17,19,21-22,31H,3-4,7-8,10-13H2,1-2H3,(H,32,33)/t16-,17?,19-,21+,22+. The number of aliphatic carboxylic acids is 1. The number of alkyl halides is 3. The topological polar surface area (TPSA) is 58.6 Å². The van der Waals surface area contributed by atoms with E-state index in [4.69, 9.17) is 4.74 Å². The van der Waals surface area contributed by atoms with Crippen molar-refractivity contribution in [3.63, 3.8) is 0 Å². The lowest BCUT2D eigenvalue weighted by atomic mass is 9.85. The highest BCUT2D eigenvalue weighted by Gasteiger charge is 2.37. The van der Waals surface area contributed by atoms with Crippen LogP contribution in [0.4, 0.5) is 13.2 Å². The van der Waals surface area contributed by atoms with Crippen LogP contribution in [0.5, 0.6) is 5.75 Å². The van der Waals surface area contributed by atoms with E-state index in [1.165, 1.54) is 6.07 Å². The highest BCUT2D eigenvalue weighted by Crippen LogP contribution is 2.43. The van der Waals surface area contributed by atoms with E-state index < -0.39 is 17.7 Å². The Morgan fingerprint density at radius 3 is 2.29 bits per heavy atom. The molecule has 0 radical (unpaired) electrons. The predicted molar refractivity (Wildman–Crippen MR) is 126 cm³/mol. The molecular weight excluding hydrogens is 443 g/mol. The molecule has 0 amide bonds. The molecule has 2 saturated carbocycles. The first-order valence-corrected chi connectivity index (χ1v) is 12.4. The molecule has 0 aromatic heterocycles. The number of halogens is 3. The van der Waals surface area contributed by atoms with Crippen molar-refractivity contribution < 1.29 is 27.8 Å². The summed E-state index contributed by atoms with van der Waals surface area (Å²) in [6, 6.07) is 8.42. The van der Waals surface area contributed by atoms with E-state index in [9.17, 15) is 23.1 Å². The molecule has 2 aromatic carbocycles. The van der Waals surface area contributed by atoms with Crippen LogP contribution in [-0.4, -0.2) is 23.2 Å². The Morgan fingerprint density at radius 2 is 1.68 bits per heavy atom. The molecule has 1 unspecified atom stereocenters. The molecule has 2 aliphatic rings. The van der Waals surface area contributed by atoms with E-state index in [2.05, 4.69) is 12.2 Å². The van der Waals surface area contributed by atoms with Crippen molar-refractivity contribution in [2.45, 2.75) is 89.6 Å². The third-order valence-corrected chi connectivity index (χ3v) is 7.61. The number of hydrogen-bond donors (Lipinski definition) is 2. The molecule has 1 atom stereocenters. The Morgan fingerprint density at radius 1 is 1.03 bits per heavy atom. The van der Waals surface area contributed by atoms with Gasteiger partial charge in [0.2, 0.25) is 0 Å². The Kier molecular flexibility index (Phi) is 7.41. The maximum atomic E-state index is 14.3. The zero-order valence-corrected chi connectivity index (χ0v) is 19.8. The fourth-order valence-electron chi connectivity index (χ4n) is 5.46. The smallest absolute Gasteiger partial charge is 0.420 e. The first kappa shape index (κ1) is 24.8. The SMILES string of the molecule is CC(N[C@H]1CC[C@@H](C(=O)O)CC1)c1ccc2ccc(O[C@H]3CC[C@@H](C)CC3)c(C(F)(F)F)c2c1. The number of fused-ring (bicyclic) bond motifs is 1. The molecule has 0 saturated heterocycles. The summed E-state index contributed by atoms with van der Waals surface area (Å²) in [7, 11) is 0. The molecule has 34 heavy (non-hydrogen) atoms. The van der Waals surface area contributed by atoms with Crippen LogP contribution in [0.1, 0.15) is 82.4 Å². The second kappa shape index (κ2) is 10.1. The maximum absolute atomic E-state index is 14.3. The average Bonchev–Trinajstić information content (AvgIpc) is 2.79. The molecule has 2 aromatic rings. The van der Waals surface area contributed by atoms with Crippen molar-refractivity contribution in [2.24, 2.45) is 11.8 Å². The maximum Gasteiger partial charge on any atom is 0.420 e.